The standard InChI is InChI=1S/C21H24N4O/c26-21(19-7-1-6-18-8-10-23-20(18)19)24-13-17-5-3-11-25(15-17)14-16-4-2-9-22-12-16/h1-2,4,6-10,12,17,23H,3,5,11,13-15H2,(H,24,26). The first-order chi connectivity index (χ1) is 12.8. The molecule has 3 aromatic rings. The SMILES string of the molecule is O=C(NCC1CCCN(Cc2cccnc2)C1)c1cccc2cc[nH]c12. The predicted octanol–water partition coefficient (Wildman–Crippen LogP) is 3.20. The number of aromatic nitrogens is 2. The summed E-state index contributed by atoms with van der Waals surface area (Å²) >= 11 is 0. The van der Waals surface area contributed by atoms with E-state index in [9.17, 15) is 4.79 Å². The van der Waals surface area contributed by atoms with E-state index in [1.165, 1.54) is 12.0 Å². The van der Waals surface area contributed by atoms with Gasteiger partial charge in [0.15, 0.2) is 0 Å². The molecule has 1 saturated heterocycles. The van der Waals surface area contributed by atoms with Crippen LogP contribution in [0.1, 0.15) is 28.8 Å². The fourth-order valence-corrected chi connectivity index (χ4v) is 3.82. The molecule has 26 heavy (non-hydrogen) atoms. The van der Waals surface area contributed by atoms with Crippen molar-refractivity contribution in [3.8, 4) is 0 Å². The number of para-hydroxylation sites is 1. The van der Waals surface area contributed by atoms with Gasteiger partial charge >= 0.3 is 0 Å². The monoisotopic (exact) mass is 348 g/mol. The van der Waals surface area contributed by atoms with E-state index in [1.54, 1.807) is 0 Å². The highest BCUT2D eigenvalue weighted by atomic mass is 16.1. The number of carbonyl (C=O) groups is 1. The highest BCUT2D eigenvalue weighted by molar-refractivity contribution is 6.05. The van der Waals surface area contributed by atoms with Gasteiger partial charge in [-0.05, 0) is 49.1 Å². The Morgan fingerprint density at radius 3 is 3.12 bits per heavy atom. The normalized spacial score (nSPS) is 18.1. The second kappa shape index (κ2) is 7.70. The van der Waals surface area contributed by atoms with Crippen LogP contribution >= 0.6 is 0 Å². The third-order valence-electron chi connectivity index (χ3n) is 5.12. The van der Waals surface area contributed by atoms with E-state index >= 15 is 0 Å². The first-order valence-corrected chi connectivity index (χ1v) is 9.25. The lowest BCUT2D eigenvalue weighted by atomic mass is 9.97. The van der Waals surface area contributed by atoms with Crippen molar-refractivity contribution in [3.63, 3.8) is 0 Å². The summed E-state index contributed by atoms with van der Waals surface area (Å²) in [6, 6.07) is 11.9. The van der Waals surface area contributed by atoms with Crippen LogP contribution in [0, 0.1) is 5.92 Å². The maximum Gasteiger partial charge on any atom is 0.253 e. The lowest BCUT2D eigenvalue weighted by molar-refractivity contribution is 0.0932. The van der Waals surface area contributed by atoms with Crippen molar-refractivity contribution in [3.05, 3.63) is 66.1 Å². The minimum absolute atomic E-state index is 0.00225. The molecule has 0 bridgehead atoms. The van der Waals surface area contributed by atoms with Crippen molar-refractivity contribution in [1.82, 2.24) is 20.2 Å². The average Bonchev–Trinajstić information content (AvgIpc) is 3.16. The third kappa shape index (κ3) is 3.78. The van der Waals surface area contributed by atoms with E-state index < -0.39 is 0 Å². The number of amides is 1. The highest BCUT2D eigenvalue weighted by Crippen LogP contribution is 2.19. The molecule has 1 unspecified atom stereocenters. The van der Waals surface area contributed by atoms with Gasteiger partial charge in [0.05, 0.1) is 11.1 Å². The zero-order valence-electron chi connectivity index (χ0n) is 14.8. The van der Waals surface area contributed by atoms with Gasteiger partial charge in [0.2, 0.25) is 0 Å². The van der Waals surface area contributed by atoms with Gasteiger partial charge in [0.25, 0.3) is 5.91 Å². The Bertz CT molecular complexity index is 874. The van der Waals surface area contributed by atoms with Crippen molar-refractivity contribution in [1.29, 1.82) is 0 Å². The first kappa shape index (κ1) is 16.8. The molecule has 0 saturated carbocycles. The number of likely N-dealkylation sites (tertiary alicyclic amines) is 1. The fraction of sp³-hybridized carbons (Fsp3) is 0.333. The summed E-state index contributed by atoms with van der Waals surface area (Å²) in [6.07, 6.45) is 7.95. The maximum atomic E-state index is 12.6. The molecule has 0 spiro atoms. The van der Waals surface area contributed by atoms with Crippen LogP contribution < -0.4 is 5.32 Å². The van der Waals surface area contributed by atoms with Crippen molar-refractivity contribution in [2.75, 3.05) is 19.6 Å². The Labute approximate surface area is 153 Å². The summed E-state index contributed by atoms with van der Waals surface area (Å²) in [4.78, 5) is 22.4. The summed E-state index contributed by atoms with van der Waals surface area (Å²) < 4.78 is 0. The zero-order valence-corrected chi connectivity index (χ0v) is 14.8. The zero-order chi connectivity index (χ0) is 17.8. The molecule has 4 rings (SSSR count). The number of fused-ring (bicyclic) bond motifs is 1. The fourth-order valence-electron chi connectivity index (χ4n) is 3.82. The molecule has 1 atom stereocenters. The second-order valence-electron chi connectivity index (χ2n) is 7.06. The molecule has 5 heteroatoms. The topological polar surface area (TPSA) is 61.0 Å². The van der Waals surface area contributed by atoms with Gasteiger partial charge < -0.3 is 10.3 Å². The second-order valence-corrected chi connectivity index (χ2v) is 7.06. The van der Waals surface area contributed by atoms with Gasteiger partial charge in [-0.25, -0.2) is 0 Å². The van der Waals surface area contributed by atoms with Crippen LogP contribution in [0.15, 0.2) is 55.0 Å². The van der Waals surface area contributed by atoms with Crippen LogP contribution in [0.2, 0.25) is 0 Å². The number of carbonyl (C=O) groups excluding carboxylic acids is 1. The number of aromatic amines is 1. The third-order valence-corrected chi connectivity index (χ3v) is 5.12. The number of nitrogens with one attached hydrogen (secondary N) is 2. The van der Waals surface area contributed by atoms with Gasteiger partial charge in [-0.1, -0.05) is 18.2 Å². The van der Waals surface area contributed by atoms with Crippen LogP contribution in [0.3, 0.4) is 0 Å². The number of piperidine rings is 1. The first-order valence-electron chi connectivity index (χ1n) is 9.25. The molecular formula is C21H24N4O. The number of hydrogen-bond acceptors (Lipinski definition) is 3. The van der Waals surface area contributed by atoms with Gasteiger partial charge in [0.1, 0.15) is 0 Å². The van der Waals surface area contributed by atoms with Gasteiger partial charge in [-0.15, -0.1) is 0 Å². The molecule has 3 heterocycles. The minimum atomic E-state index is 0.00225. The number of H-pyrrole nitrogens is 1. The summed E-state index contributed by atoms with van der Waals surface area (Å²) in [5.74, 6) is 0.495. The quantitative estimate of drug-likeness (QED) is 0.744. The highest BCUT2D eigenvalue weighted by Gasteiger charge is 2.21. The van der Waals surface area contributed by atoms with Crippen molar-refractivity contribution in [2.45, 2.75) is 19.4 Å². The van der Waals surface area contributed by atoms with E-state index in [1.807, 2.05) is 48.9 Å². The van der Waals surface area contributed by atoms with E-state index in [4.69, 9.17) is 0 Å². The Hall–Kier alpha value is -2.66. The molecule has 1 aliphatic rings. The molecule has 0 radical (unpaired) electrons. The van der Waals surface area contributed by atoms with Crippen LogP contribution in [-0.4, -0.2) is 40.4 Å². The minimum Gasteiger partial charge on any atom is -0.361 e. The van der Waals surface area contributed by atoms with Gasteiger partial charge in [-0.2, -0.15) is 0 Å². The predicted molar refractivity (Wildman–Crippen MR) is 103 cm³/mol. The molecule has 1 amide bonds. The van der Waals surface area contributed by atoms with Crippen molar-refractivity contribution >= 4 is 16.8 Å². The Morgan fingerprint density at radius 1 is 1.27 bits per heavy atom. The van der Waals surface area contributed by atoms with Gasteiger partial charge in [-0.3, -0.25) is 14.7 Å². The number of nitrogens with zero attached hydrogens (tertiary/aromatic N) is 2. The smallest absolute Gasteiger partial charge is 0.253 e. The molecular weight excluding hydrogens is 324 g/mol. The van der Waals surface area contributed by atoms with E-state index in [0.717, 1.165) is 49.1 Å². The van der Waals surface area contributed by atoms with Crippen LogP contribution in [0.4, 0.5) is 0 Å². The Balaban J connectivity index is 1.34. The Kier molecular flexibility index (Phi) is 4.97. The molecule has 2 N–H and O–H groups in total. The molecule has 134 valence electrons. The average molecular weight is 348 g/mol. The van der Waals surface area contributed by atoms with Crippen LogP contribution in [0.25, 0.3) is 10.9 Å². The Morgan fingerprint density at radius 2 is 2.23 bits per heavy atom. The van der Waals surface area contributed by atoms with Gasteiger partial charge in [0, 0.05) is 43.6 Å². The number of pyridine rings is 1. The summed E-state index contributed by atoms with van der Waals surface area (Å²) in [5, 5.41) is 4.20. The van der Waals surface area contributed by atoms with E-state index in [-0.39, 0.29) is 5.91 Å². The summed E-state index contributed by atoms with van der Waals surface area (Å²) in [6.45, 7) is 3.78. The number of hydrogen-bond donors (Lipinski definition) is 2. The molecule has 1 fully saturated rings. The summed E-state index contributed by atoms with van der Waals surface area (Å²) in [5.41, 5.74) is 2.87. The number of rotatable bonds is 5. The van der Waals surface area contributed by atoms with Crippen molar-refractivity contribution < 1.29 is 4.79 Å². The van der Waals surface area contributed by atoms with Crippen LogP contribution in [-0.2, 0) is 6.54 Å². The molecule has 0 aliphatic carbocycles. The van der Waals surface area contributed by atoms with Crippen molar-refractivity contribution in [2.24, 2.45) is 5.92 Å². The van der Waals surface area contributed by atoms with Crippen LogP contribution in [0.5, 0.6) is 0 Å². The molecule has 1 aromatic carbocycles. The maximum absolute atomic E-state index is 12.6. The van der Waals surface area contributed by atoms with E-state index in [2.05, 4.69) is 26.3 Å². The number of benzene rings is 1. The molecule has 5 nitrogen and oxygen atoms in total. The molecule has 1 aliphatic heterocycles. The lowest BCUT2D eigenvalue weighted by Gasteiger charge is -2.32. The lowest BCUT2D eigenvalue weighted by Crippen LogP contribution is -2.40. The molecule has 2 aromatic heterocycles. The summed E-state index contributed by atoms with van der Waals surface area (Å²) in [7, 11) is 0. The van der Waals surface area contributed by atoms with E-state index in [0.29, 0.717) is 5.92 Å². The largest absolute Gasteiger partial charge is 0.361 e.